The average Bonchev–Trinajstić information content (AvgIpc) is 2.79. The maximum atomic E-state index is 12.8. The summed E-state index contributed by atoms with van der Waals surface area (Å²) in [5.74, 6) is -0.195. The molecule has 0 bridgehead atoms. The van der Waals surface area contributed by atoms with Gasteiger partial charge in [0.1, 0.15) is 11.4 Å². The molecule has 0 atom stereocenters. The van der Waals surface area contributed by atoms with Crippen LogP contribution in [0.5, 0.6) is 0 Å². The molecular formula is C15H11FO. The number of hydrogen-bond acceptors (Lipinski definition) is 1. The van der Waals surface area contributed by atoms with Crippen molar-refractivity contribution >= 4 is 11.0 Å². The van der Waals surface area contributed by atoms with E-state index in [0.29, 0.717) is 0 Å². The predicted octanol–water partition coefficient (Wildman–Crippen LogP) is 4.16. The molecule has 0 fully saturated rings. The maximum Gasteiger partial charge on any atom is 0.133 e. The van der Waals surface area contributed by atoms with Gasteiger partial charge in [0.25, 0.3) is 0 Å². The zero-order valence-corrected chi connectivity index (χ0v) is 9.19. The molecule has 1 aromatic heterocycles. The van der Waals surface area contributed by atoms with E-state index in [1.807, 2.05) is 30.3 Å². The second kappa shape index (κ2) is 4.06. The van der Waals surface area contributed by atoms with Gasteiger partial charge in [-0.2, -0.15) is 0 Å². The molecule has 0 aliphatic heterocycles. The Labute approximate surface area is 98.5 Å². The second-order valence-electron chi connectivity index (χ2n) is 4.10. The van der Waals surface area contributed by atoms with Gasteiger partial charge in [-0.1, -0.05) is 18.2 Å². The van der Waals surface area contributed by atoms with Gasteiger partial charge >= 0.3 is 0 Å². The van der Waals surface area contributed by atoms with Gasteiger partial charge in [0.05, 0.1) is 6.26 Å². The Morgan fingerprint density at radius 3 is 2.47 bits per heavy atom. The predicted molar refractivity (Wildman–Crippen MR) is 65.4 cm³/mol. The van der Waals surface area contributed by atoms with E-state index in [4.69, 9.17) is 4.42 Å². The van der Waals surface area contributed by atoms with Crippen LogP contribution in [0, 0.1) is 5.82 Å². The Balaban J connectivity index is 1.91. The van der Waals surface area contributed by atoms with Gasteiger partial charge in [0.2, 0.25) is 0 Å². The fourth-order valence-corrected chi connectivity index (χ4v) is 1.96. The Morgan fingerprint density at radius 2 is 1.65 bits per heavy atom. The van der Waals surface area contributed by atoms with Gasteiger partial charge in [-0.05, 0) is 47.9 Å². The van der Waals surface area contributed by atoms with Crippen molar-refractivity contribution in [1.29, 1.82) is 0 Å². The van der Waals surface area contributed by atoms with Crippen molar-refractivity contribution in [3.8, 4) is 0 Å². The minimum absolute atomic E-state index is 0.195. The molecular weight excluding hydrogens is 215 g/mol. The van der Waals surface area contributed by atoms with Gasteiger partial charge in [-0.25, -0.2) is 4.39 Å². The summed E-state index contributed by atoms with van der Waals surface area (Å²) >= 11 is 0. The molecule has 0 saturated carbocycles. The first-order valence-corrected chi connectivity index (χ1v) is 5.52. The van der Waals surface area contributed by atoms with Crippen LogP contribution in [0.3, 0.4) is 0 Å². The van der Waals surface area contributed by atoms with Crippen molar-refractivity contribution in [2.45, 2.75) is 6.42 Å². The molecule has 0 radical (unpaired) electrons. The van der Waals surface area contributed by atoms with E-state index in [-0.39, 0.29) is 5.82 Å². The topological polar surface area (TPSA) is 13.1 Å². The van der Waals surface area contributed by atoms with Crippen molar-refractivity contribution in [3.05, 3.63) is 71.7 Å². The highest BCUT2D eigenvalue weighted by atomic mass is 19.1. The molecule has 0 N–H and O–H groups in total. The minimum Gasteiger partial charge on any atom is -0.464 e. The summed E-state index contributed by atoms with van der Waals surface area (Å²) in [5, 5.41) is 1.10. The van der Waals surface area contributed by atoms with E-state index in [1.54, 1.807) is 6.26 Å². The molecule has 3 aromatic rings. The molecule has 2 aromatic carbocycles. The number of hydrogen-bond donors (Lipinski definition) is 0. The maximum absolute atomic E-state index is 12.8. The summed E-state index contributed by atoms with van der Waals surface area (Å²) in [6.45, 7) is 0. The number of furan rings is 1. The molecule has 0 aliphatic rings. The van der Waals surface area contributed by atoms with Crippen LogP contribution in [0.15, 0.2) is 59.2 Å². The van der Waals surface area contributed by atoms with Crippen LogP contribution in [0.4, 0.5) is 4.39 Å². The first-order chi connectivity index (χ1) is 8.31. The quantitative estimate of drug-likeness (QED) is 0.639. The fraction of sp³-hybridized carbons (Fsp3) is 0.0667. The lowest BCUT2D eigenvalue weighted by molar-refractivity contribution is 0.616. The standard InChI is InChI=1S/C15H11FO/c16-14-4-1-11(2-5-14)9-12-3-6-15-13(10-12)7-8-17-15/h1-8,10H,9H2. The molecule has 0 aliphatic carbocycles. The van der Waals surface area contributed by atoms with Gasteiger partial charge < -0.3 is 4.42 Å². The summed E-state index contributed by atoms with van der Waals surface area (Å²) in [6.07, 6.45) is 2.49. The number of halogens is 1. The zero-order valence-electron chi connectivity index (χ0n) is 9.19. The van der Waals surface area contributed by atoms with Crippen molar-refractivity contribution in [2.24, 2.45) is 0 Å². The van der Waals surface area contributed by atoms with Crippen LogP contribution in [0.1, 0.15) is 11.1 Å². The molecule has 0 unspecified atom stereocenters. The van der Waals surface area contributed by atoms with Gasteiger partial charge in [0, 0.05) is 5.39 Å². The second-order valence-corrected chi connectivity index (χ2v) is 4.10. The Kier molecular flexibility index (Phi) is 2.41. The van der Waals surface area contributed by atoms with Crippen molar-refractivity contribution < 1.29 is 8.81 Å². The summed E-state index contributed by atoms with van der Waals surface area (Å²) in [4.78, 5) is 0. The SMILES string of the molecule is Fc1ccc(Cc2ccc3occc3c2)cc1. The lowest BCUT2D eigenvalue weighted by atomic mass is 10.0. The molecule has 0 amide bonds. The highest BCUT2D eigenvalue weighted by molar-refractivity contribution is 5.77. The highest BCUT2D eigenvalue weighted by Crippen LogP contribution is 2.19. The third-order valence-corrected chi connectivity index (χ3v) is 2.84. The zero-order chi connectivity index (χ0) is 11.7. The van der Waals surface area contributed by atoms with E-state index in [0.717, 1.165) is 23.0 Å². The molecule has 84 valence electrons. The van der Waals surface area contributed by atoms with Gasteiger partial charge in [-0.3, -0.25) is 0 Å². The van der Waals surface area contributed by atoms with Crippen LogP contribution >= 0.6 is 0 Å². The summed E-state index contributed by atoms with van der Waals surface area (Å²) in [5.41, 5.74) is 3.20. The monoisotopic (exact) mass is 226 g/mol. The largest absolute Gasteiger partial charge is 0.464 e. The lowest BCUT2D eigenvalue weighted by Crippen LogP contribution is -1.87. The van der Waals surface area contributed by atoms with Crippen LogP contribution in [0.25, 0.3) is 11.0 Å². The van der Waals surface area contributed by atoms with E-state index in [2.05, 4.69) is 6.07 Å². The summed E-state index contributed by atoms with van der Waals surface area (Å²) in [6, 6.07) is 14.7. The molecule has 0 saturated heterocycles. The van der Waals surface area contributed by atoms with E-state index >= 15 is 0 Å². The van der Waals surface area contributed by atoms with Crippen molar-refractivity contribution in [2.75, 3.05) is 0 Å². The van der Waals surface area contributed by atoms with Crippen molar-refractivity contribution in [3.63, 3.8) is 0 Å². The van der Waals surface area contributed by atoms with Crippen LogP contribution in [-0.4, -0.2) is 0 Å². The van der Waals surface area contributed by atoms with Crippen molar-refractivity contribution in [1.82, 2.24) is 0 Å². The normalized spacial score (nSPS) is 10.9. The van der Waals surface area contributed by atoms with E-state index in [9.17, 15) is 4.39 Å². The molecule has 1 nitrogen and oxygen atoms in total. The number of benzene rings is 2. The molecule has 1 heterocycles. The first kappa shape index (κ1) is 10.1. The summed E-state index contributed by atoms with van der Waals surface area (Å²) < 4.78 is 18.1. The molecule has 3 rings (SSSR count). The van der Waals surface area contributed by atoms with Crippen LogP contribution < -0.4 is 0 Å². The van der Waals surface area contributed by atoms with Crippen LogP contribution in [-0.2, 0) is 6.42 Å². The van der Waals surface area contributed by atoms with Gasteiger partial charge in [-0.15, -0.1) is 0 Å². The van der Waals surface area contributed by atoms with E-state index in [1.165, 1.54) is 17.7 Å². The van der Waals surface area contributed by atoms with E-state index < -0.39 is 0 Å². The Hall–Kier alpha value is -2.09. The molecule has 17 heavy (non-hydrogen) atoms. The minimum atomic E-state index is -0.195. The van der Waals surface area contributed by atoms with Crippen LogP contribution in [0.2, 0.25) is 0 Å². The third-order valence-electron chi connectivity index (χ3n) is 2.84. The average molecular weight is 226 g/mol. The smallest absolute Gasteiger partial charge is 0.133 e. The molecule has 2 heteroatoms. The lowest BCUT2D eigenvalue weighted by Gasteiger charge is -2.02. The fourth-order valence-electron chi connectivity index (χ4n) is 1.96. The molecule has 0 spiro atoms. The number of fused-ring (bicyclic) bond motifs is 1. The summed E-state index contributed by atoms with van der Waals surface area (Å²) in [7, 11) is 0. The first-order valence-electron chi connectivity index (χ1n) is 5.52. The Bertz CT molecular complexity index is 637. The third kappa shape index (κ3) is 2.07. The Morgan fingerprint density at radius 1 is 0.882 bits per heavy atom. The number of rotatable bonds is 2. The van der Waals surface area contributed by atoms with Gasteiger partial charge in [0.15, 0.2) is 0 Å². The highest BCUT2D eigenvalue weighted by Gasteiger charge is 2.00.